The number of thioether (sulfide) groups is 1. The molecule has 0 unspecified atom stereocenters. The van der Waals surface area contributed by atoms with Crippen LogP contribution in [-0.2, 0) is 11.3 Å². The number of nitrogens with zero attached hydrogens (tertiary/aromatic N) is 4. The number of piperazine rings is 1. The Bertz CT molecular complexity index is 879. The van der Waals surface area contributed by atoms with Crippen LogP contribution in [0.25, 0.3) is 0 Å². The third-order valence-corrected chi connectivity index (χ3v) is 6.00. The number of rotatable bonds is 2. The first-order valence-corrected chi connectivity index (χ1v) is 9.59. The van der Waals surface area contributed by atoms with Gasteiger partial charge in [0.25, 0.3) is 5.56 Å². The fourth-order valence-electron chi connectivity index (χ4n) is 3.43. The van der Waals surface area contributed by atoms with E-state index in [4.69, 9.17) is 0 Å². The van der Waals surface area contributed by atoms with E-state index >= 15 is 0 Å². The zero-order valence-electron chi connectivity index (χ0n) is 14.2. The quantitative estimate of drug-likeness (QED) is 0.745. The molecule has 2 aliphatic heterocycles. The van der Waals surface area contributed by atoms with E-state index in [9.17, 15) is 14.0 Å². The van der Waals surface area contributed by atoms with Gasteiger partial charge in [-0.15, -0.1) is 0 Å². The zero-order chi connectivity index (χ0) is 18.1. The van der Waals surface area contributed by atoms with Gasteiger partial charge < -0.3 is 9.80 Å². The van der Waals surface area contributed by atoms with Crippen LogP contribution in [0.3, 0.4) is 0 Å². The zero-order valence-corrected chi connectivity index (χ0v) is 15.0. The maximum absolute atomic E-state index is 13.9. The standard InChI is InChI=1S/C18H19FN4O2S/c19-14-3-1-2-4-15(14)21-7-9-22(10-8-21)17(25)13-11-23-16(24)5-6-20-18(23)26-12-13/h1-6,13H,7-12H2/t13-/m0/s1. The van der Waals surface area contributed by atoms with E-state index in [-0.39, 0.29) is 23.2 Å². The lowest BCUT2D eigenvalue weighted by molar-refractivity contribution is -0.135. The van der Waals surface area contributed by atoms with Crippen molar-refractivity contribution in [3.05, 3.63) is 52.7 Å². The van der Waals surface area contributed by atoms with Gasteiger partial charge in [0.05, 0.1) is 11.6 Å². The van der Waals surface area contributed by atoms with Gasteiger partial charge in [-0.3, -0.25) is 14.2 Å². The number of carbonyl (C=O) groups excluding carboxylic acids is 1. The van der Waals surface area contributed by atoms with Gasteiger partial charge in [0.15, 0.2) is 5.16 Å². The number of amides is 1. The first-order chi connectivity index (χ1) is 12.6. The molecule has 0 saturated carbocycles. The van der Waals surface area contributed by atoms with Crippen LogP contribution in [0, 0.1) is 11.7 Å². The van der Waals surface area contributed by atoms with Crippen molar-refractivity contribution in [2.75, 3.05) is 36.8 Å². The summed E-state index contributed by atoms with van der Waals surface area (Å²) in [6.07, 6.45) is 1.51. The summed E-state index contributed by atoms with van der Waals surface area (Å²) in [7, 11) is 0. The second-order valence-corrected chi connectivity index (χ2v) is 7.44. The largest absolute Gasteiger partial charge is 0.366 e. The summed E-state index contributed by atoms with van der Waals surface area (Å²) in [4.78, 5) is 32.8. The molecular weight excluding hydrogens is 355 g/mol. The van der Waals surface area contributed by atoms with Crippen molar-refractivity contribution in [2.24, 2.45) is 5.92 Å². The molecule has 1 aromatic carbocycles. The van der Waals surface area contributed by atoms with E-state index in [1.165, 1.54) is 30.1 Å². The van der Waals surface area contributed by atoms with Gasteiger partial charge in [-0.05, 0) is 12.1 Å². The van der Waals surface area contributed by atoms with Crippen molar-refractivity contribution in [3.63, 3.8) is 0 Å². The molecular formula is C18H19FN4O2S. The molecule has 8 heteroatoms. The molecule has 2 aromatic rings. The molecule has 1 amide bonds. The van der Waals surface area contributed by atoms with Gasteiger partial charge in [-0.2, -0.15) is 0 Å². The normalized spacial score (nSPS) is 20.0. The lowest BCUT2D eigenvalue weighted by atomic mass is 10.1. The fraction of sp³-hybridized carbons (Fsp3) is 0.389. The van der Waals surface area contributed by atoms with E-state index < -0.39 is 0 Å². The number of para-hydroxylation sites is 1. The van der Waals surface area contributed by atoms with Crippen molar-refractivity contribution in [1.29, 1.82) is 0 Å². The second-order valence-electron chi connectivity index (χ2n) is 6.45. The van der Waals surface area contributed by atoms with Crippen molar-refractivity contribution in [1.82, 2.24) is 14.5 Å². The summed E-state index contributed by atoms with van der Waals surface area (Å²) in [5, 5.41) is 0.672. The Hall–Kier alpha value is -2.35. The van der Waals surface area contributed by atoms with Gasteiger partial charge in [-0.1, -0.05) is 23.9 Å². The molecule has 0 N–H and O–H groups in total. The first kappa shape index (κ1) is 17.1. The van der Waals surface area contributed by atoms with E-state index in [2.05, 4.69) is 4.98 Å². The molecule has 0 bridgehead atoms. The Morgan fingerprint density at radius 3 is 2.69 bits per heavy atom. The van der Waals surface area contributed by atoms with Gasteiger partial charge in [-0.25, -0.2) is 9.37 Å². The summed E-state index contributed by atoms with van der Waals surface area (Å²) in [6.45, 7) is 2.70. The number of carbonyl (C=O) groups is 1. The summed E-state index contributed by atoms with van der Waals surface area (Å²) in [5.41, 5.74) is 0.462. The first-order valence-electron chi connectivity index (χ1n) is 8.60. The number of benzene rings is 1. The highest BCUT2D eigenvalue weighted by Crippen LogP contribution is 2.27. The molecule has 1 fully saturated rings. The minimum atomic E-state index is -0.237. The van der Waals surface area contributed by atoms with Crippen LogP contribution < -0.4 is 10.5 Å². The van der Waals surface area contributed by atoms with Crippen LogP contribution in [0.4, 0.5) is 10.1 Å². The summed E-state index contributed by atoms with van der Waals surface area (Å²) in [5.74, 6) is 0.226. The summed E-state index contributed by atoms with van der Waals surface area (Å²) < 4.78 is 15.5. The number of fused-ring (bicyclic) bond motifs is 1. The van der Waals surface area contributed by atoms with Crippen molar-refractivity contribution < 1.29 is 9.18 Å². The minimum absolute atomic E-state index is 0.0621. The van der Waals surface area contributed by atoms with Crippen molar-refractivity contribution in [2.45, 2.75) is 11.7 Å². The fourth-order valence-corrected chi connectivity index (χ4v) is 4.49. The molecule has 0 spiro atoms. The predicted molar refractivity (Wildman–Crippen MR) is 97.9 cm³/mol. The van der Waals surface area contributed by atoms with Crippen LogP contribution in [0.5, 0.6) is 0 Å². The highest BCUT2D eigenvalue weighted by molar-refractivity contribution is 7.99. The Kier molecular flexibility index (Phi) is 4.67. The summed E-state index contributed by atoms with van der Waals surface area (Å²) in [6, 6.07) is 8.13. The molecule has 1 atom stereocenters. The van der Waals surface area contributed by atoms with Gasteiger partial charge in [0, 0.05) is 50.7 Å². The third kappa shape index (κ3) is 3.21. The number of aromatic nitrogens is 2. The molecule has 3 heterocycles. The van der Waals surface area contributed by atoms with Crippen molar-refractivity contribution in [3.8, 4) is 0 Å². The van der Waals surface area contributed by atoms with E-state index in [0.29, 0.717) is 49.3 Å². The monoisotopic (exact) mass is 374 g/mol. The number of halogens is 1. The number of anilines is 1. The van der Waals surface area contributed by atoms with Crippen LogP contribution >= 0.6 is 11.8 Å². The lowest BCUT2D eigenvalue weighted by Gasteiger charge is -2.38. The molecule has 1 aromatic heterocycles. The van der Waals surface area contributed by atoms with E-state index in [0.717, 1.165) is 0 Å². The second kappa shape index (κ2) is 7.11. The molecule has 6 nitrogen and oxygen atoms in total. The molecule has 0 radical (unpaired) electrons. The third-order valence-electron chi connectivity index (χ3n) is 4.85. The molecule has 0 aliphatic carbocycles. The Balaban J connectivity index is 1.41. The van der Waals surface area contributed by atoms with Gasteiger partial charge in [0.1, 0.15) is 5.82 Å². The highest BCUT2D eigenvalue weighted by Gasteiger charge is 2.31. The SMILES string of the molecule is O=C([C@@H]1CSc2nccc(=O)n2C1)N1CCN(c2ccccc2F)CC1. The van der Waals surface area contributed by atoms with Crippen LogP contribution in [0.15, 0.2) is 46.5 Å². The summed E-state index contributed by atoms with van der Waals surface area (Å²) >= 11 is 1.45. The average molecular weight is 374 g/mol. The van der Waals surface area contributed by atoms with Crippen molar-refractivity contribution >= 4 is 23.4 Å². The average Bonchev–Trinajstić information content (AvgIpc) is 2.68. The Morgan fingerprint density at radius 1 is 1.15 bits per heavy atom. The maximum atomic E-state index is 13.9. The van der Waals surface area contributed by atoms with Gasteiger partial charge in [0.2, 0.25) is 5.91 Å². The minimum Gasteiger partial charge on any atom is -0.366 e. The smallest absolute Gasteiger partial charge is 0.254 e. The van der Waals surface area contributed by atoms with Crippen LogP contribution in [0.1, 0.15) is 0 Å². The predicted octanol–water partition coefficient (Wildman–Crippen LogP) is 1.45. The molecule has 4 rings (SSSR count). The van der Waals surface area contributed by atoms with Crippen LogP contribution in [0.2, 0.25) is 0 Å². The van der Waals surface area contributed by atoms with E-state index in [1.807, 2.05) is 15.9 Å². The topological polar surface area (TPSA) is 58.4 Å². The van der Waals surface area contributed by atoms with Gasteiger partial charge >= 0.3 is 0 Å². The van der Waals surface area contributed by atoms with Crippen LogP contribution in [-0.4, -0.2) is 52.3 Å². The highest BCUT2D eigenvalue weighted by atomic mass is 32.2. The number of hydrogen-bond donors (Lipinski definition) is 0. The Labute approximate surface area is 154 Å². The number of hydrogen-bond acceptors (Lipinski definition) is 5. The molecule has 2 aliphatic rings. The molecule has 1 saturated heterocycles. The molecule has 26 heavy (non-hydrogen) atoms. The lowest BCUT2D eigenvalue weighted by Crippen LogP contribution is -2.52. The Morgan fingerprint density at radius 2 is 1.92 bits per heavy atom. The van der Waals surface area contributed by atoms with E-state index in [1.54, 1.807) is 16.7 Å². The maximum Gasteiger partial charge on any atom is 0.254 e. The molecule has 136 valence electrons.